The van der Waals surface area contributed by atoms with E-state index in [0.717, 1.165) is 135 Å². The van der Waals surface area contributed by atoms with Crippen LogP contribution in [0.5, 0.6) is 0 Å². The minimum absolute atomic E-state index is 0. The summed E-state index contributed by atoms with van der Waals surface area (Å²) in [5.41, 5.74) is 30.5. The summed E-state index contributed by atoms with van der Waals surface area (Å²) in [6, 6.07) is 36.9. The molecule has 0 atom stereocenters. The molecule has 0 aliphatic rings. The van der Waals surface area contributed by atoms with Crippen LogP contribution in [0, 0.1) is 32.4 Å². The molecular formula is C85H105F2N25O6. The van der Waals surface area contributed by atoms with Crippen molar-refractivity contribution in [2.75, 3.05) is 90.4 Å². The Kier molecular flexibility index (Phi) is 32.8. The van der Waals surface area contributed by atoms with E-state index in [2.05, 4.69) is 82.7 Å². The highest BCUT2D eigenvalue weighted by Crippen LogP contribution is 2.35. The van der Waals surface area contributed by atoms with Gasteiger partial charge in [-0.1, -0.05) is 107 Å². The molecule has 0 saturated carbocycles. The molecule has 620 valence electrons. The number of nitrogens with two attached hydrogens (primary N) is 3. The Labute approximate surface area is 684 Å². The predicted molar refractivity (Wildman–Crippen MR) is 463 cm³/mol. The molecule has 0 radical (unpaired) electrons. The molecule has 6 heterocycles. The second kappa shape index (κ2) is 43.8. The summed E-state index contributed by atoms with van der Waals surface area (Å²) < 4.78 is 33.5. The van der Waals surface area contributed by atoms with Crippen LogP contribution in [0.1, 0.15) is 120 Å². The molecule has 0 fully saturated rings. The molecule has 12 rings (SSSR count). The van der Waals surface area contributed by atoms with Crippen LogP contribution < -0.4 is 65.1 Å². The number of nitrogen functional groups attached to an aromatic ring is 3. The zero-order valence-corrected chi connectivity index (χ0v) is 66.8. The number of hydrogen-bond donors (Lipinski definition) is 12. The number of nitrogens with zero attached hydrogens (tertiary/aromatic N) is 13. The van der Waals surface area contributed by atoms with E-state index in [1.54, 1.807) is 69.7 Å². The molecule has 6 aromatic carbocycles. The van der Waals surface area contributed by atoms with Crippen molar-refractivity contribution >= 4 is 120 Å². The zero-order chi connectivity index (χ0) is 83.3. The summed E-state index contributed by atoms with van der Waals surface area (Å²) in [7, 11) is 7.00. The van der Waals surface area contributed by atoms with Crippen molar-refractivity contribution < 1.29 is 37.5 Å². The fraction of sp³-hybridized carbons (Fsp3) is 0.329. The highest BCUT2D eigenvalue weighted by Gasteiger charge is 2.22. The van der Waals surface area contributed by atoms with Crippen LogP contribution in [0.25, 0.3) is 66.9 Å². The van der Waals surface area contributed by atoms with Gasteiger partial charge in [-0.3, -0.25) is 14.4 Å². The lowest BCUT2D eigenvalue weighted by atomic mass is 10.1. The molecule has 12 aromatic rings. The Morgan fingerprint density at radius 2 is 0.695 bits per heavy atom. The summed E-state index contributed by atoms with van der Waals surface area (Å²) in [5.74, 6) is 0.257. The Bertz CT molecular complexity index is 5390. The second-order valence-corrected chi connectivity index (χ2v) is 28.2. The highest BCUT2D eigenvalue weighted by atomic mass is 19.1. The summed E-state index contributed by atoms with van der Waals surface area (Å²) in [5, 5.41) is 40.6. The number of amides is 9. The molecule has 6 aromatic heterocycles. The third kappa shape index (κ3) is 25.2. The average molecular weight is 1610 g/mol. The molecule has 15 N–H and O–H groups in total. The third-order valence-electron chi connectivity index (χ3n) is 19.2. The maximum Gasteiger partial charge on any atom is 0.323 e. The van der Waals surface area contributed by atoms with Gasteiger partial charge in [0.05, 0.1) is 27.5 Å². The van der Waals surface area contributed by atoms with Crippen LogP contribution >= 0.6 is 0 Å². The van der Waals surface area contributed by atoms with Gasteiger partial charge in [0.2, 0.25) is 17.7 Å². The van der Waals surface area contributed by atoms with Crippen LogP contribution in [0.4, 0.5) is 74.7 Å². The number of nitrogens with one attached hydrogen (secondary N) is 9. The molecule has 0 aliphatic heterocycles. The van der Waals surface area contributed by atoms with Gasteiger partial charge in [-0.25, -0.2) is 67.1 Å². The van der Waals surface area contributed by atoms with E-state index in [4.69, 9.17) is 32.5 Å². The maximum atomic E-state index is 14.0. The standard InChI is InChI=1S/C28H34FN9O2.C28H33FN8O2.C28H34N8O2.CH4/c1-18-7-12-21(29)22(16-18)35-28(40)34-20-10-8-19(9-11-20)25-24-26(30)32-17-33-27(24)38(36-25)15-5-14-37(3)13-4-6-23(39)31-2;1-18-9-14-21(29)22(16-18)35-28(39)34-20-12-10-19(11-13-20)25-24-26(30)32-17-33-27(24)37(36-25)15-7-5-3-4-6-8-23(38)31-2;1-19-9-8-10-22(17-19)34-28(38)33-21-14-12-20(13-15-21)25-24-26(29)31-18-32-27(24)36(35-25)16-7-5-3-4-6-11-23(37)30-2;/h7-12,16-17H,4-6,13-15H2,1-3H3,(H,31,39)(H2,30,32,33)(H2,34,35,40);9-14,16-17H,3-8,15H2,1-2H3,(H,31,38)(H2,30,32,33)(H2,34,35,39);8-10,12-15,17-18H,3-7,11,16H2,1-2H3,(H,30,37)(H2,29,31,32)(H2,33,34,38);1H4. The largest absolute Gasteiger partial charge is 0.383 e. The first-order valence-electron chi connectivity index (χ1n) is 38.9. The van der Waals surface area contributed by atoms with Gasteiger partial charge in [-0.15, -0.1) is 0 Å². The van der Waals surface area contributed by atoms with E-state index >= 15 is 0 Å². The molecule has 31 nitrogen and oxygen atoms in total. The Morgan fingerprint density at radius 3 is 1.07 bits per heavy atom. The van der Waals surface area contributed by atoms with Gasteiger partial charge in [-0.05, 0) is 169 Å². The molecule has 33 heteroatoms. The molecule has 0 aliphatic carbocycles. The quantitative estimate of drug-likeness (QED) is 0.0170. The van der Waals surface area contributed by atoms with E-state index in [9.17, 15) is 37.5 Å². The van der Waals surface area contributed by atoms with Crippen molar-refractivity contribution in [3.8, 4) is 33.8 Å². The number of anilines is 9. The number of carbonyl (C=O) groups excluding carboxylic acids is 6. The van der Waals surface area contributed by atoms with Crippen molar-refractivity contribution in [1.82, 2.24) is 80.1 Å². The normalized spacial score (nSPS) is 10.9. The Balaban J connectivity index is 0.000000201. The van der Waals surface area contributed by atoms with E-state index in [-0.39, 0.29) is 42.6 Å². The van der Waals surface area contributed by atoms with Crippen LogP contribution in [0.3, 0.4) is 0 Å². The van der Waals surface area contributed by atoms with Crippen LogP contribution in [-0.4, -0.2) is 141 Å². The van der Waals surface area contributed by atoms with E-state index in [1.807, 2.05) is 115 Å². The molecule has 0 spiro atoms. The lowest BCUT2D eigenvalue weighted by molar-refractivity contribution is -0.121. The third-order valence-corrected chi connectivity index (χ3v) is 19.2. The molecule has 0 unspecified atom stereocenters. The first-order valence-corrected chi connectivity index (χ1v) is 38.9. The number of urea groups is 3. The summed E-state index contributed by atoms with van der Waals surface area (Å²) in [4.78, 5) is 99.3. The fourth-order valence-corrected chi connectivity index (χ4v) is 13.0. The zero-order valence-electron chi connectivity index (χ0n) is 66.8. The van der Waals surface area contributed by atoms with Gasteiger partial charge in [0, 0.05) is 99.5 Å². The van der Waals surface area contributed by atoms with Crippen molar-refractivity contribution in [2.45, 2.75) is 144 Å². The number of hydrogen-bond acceptors (Lipinski definition) is 19. The number of fused-ring (bicyclic) bond motifs is 3. The molecule has 9 amide bonds. The van der Waals surface area contributed by atoms with Gasteiger partial charge in [-0.2, -0.15) is 15.3 Å². The molecular weight excluding hydrogens is 1510 g/mol. The van der Waals surface area contributed by atoms with E-state index < -0.39 is 23.7 Å². The lowest BCUT2D eigenvalue weighted by Gasteiger charge is -2.16. The minimum atomic E-state index is -0.553. The summed E-state index contributed by atoms with van der Waals surface area (Å²) in [6.45, 7) is 9.29. The van der Waals surface area contributed by atoms with E-state index in [0.29, 0.717) is 118 Å². The van der Waals surface area contributed by atoms with Gasteiger partial charge < -0.3 is 70.0 Å². The van der Waals surface area contributed by atoms with Gasteiger partial charge in [0.1, 0.15) is 65.2 Å². The average Bonchev–Trinajstić information content (AvgIpc) is 1.64. The van der Waals surface area contributed by atoms with Crippen molar-refractivity contribution in [2.24, 2.45) is 0 Å². The first-order chi connectivity index (χ1) is 56.5. The number of halogens is 2. The summed E-state index contributed by atoms with van der Waals surface area (Å²) in [6.07, 6.45) is 17.4. The van der Waals surface area contributed by atoms with Gasteiger partial charge in [0.25, 0.3) is 0 Å². The highest BCUT2D eigenvalue weighted by molar-refractivity contribution is 6.04. The minimum Gasteiger partial charge on any atom is -0.383 e. The molecule has 118 heavy (non-hydrogen) atoms. The number of benzene rings is 6. The van der Waals surface area contributed by atoms with E-state index in [1.165, 1.54) is 31.1 Å². The van der Waals surface area contributed by atoms with Crippen LogP contribution in [-0.2, 0) is 34.0 Å². The topological polar surface area (TPSA) is 423 Å². The second-order valence-electron chi connectivity index (χ2n) is 28.2. The molecule has 0 saturated heterocycles. The number of carbonyl (C=O) groups is 6. The Morgan fingerprint density at radius 1 is 0.373 bits per heavy atom. The van der Waals surface area contributed by atoms with Crippen LogP contribution in [0.15, 0.2) is 152 Å². The Hall–Kier alpha value is -13.6. The fourth-order valence-electron chi connectivity index (χ4n) is 13.0. The molecule has 0 bridgehead atoms. The van der Waals surface area contributed by atoms with Crippen molar-refractivity contribution in [1.29, 1.82) is 0 Å². The number of unbranched alkanes of at least 4 members (excludes halogenated alkanes) is 8. The SMILES string of the molecule is C.CNC(=O)CCCCCCCn1nc(-c2ccc(NC(=O)Nc3cc(C)ccc3F)cc2)c2c(N)ncnc21.CNC(=O)CCCCCCCn1nc(-c2ccc(NC(=O)Nc3cccc(C)c3)cc2)c2c(N)ncnc21.CNC(=O)CCCN(C)CCCn1nc(-c2ccc(NC(=O)Nc3cc(C)ccc3F)cc2)c2c(N)ncnc21. The maximum absolute atomic E-state index is 14.0. The van der Waals surface area contributed by atoms with Crippen molar-refractivity contribution in [3.05, 3.63) is 181 Å². The van der Waals surface area contributed by atoms with Gasteiger partial charge >= 0.3 is 18.1 Å². The smallest absolute Gasteiger partial charge is 0.323 e. The number of aromatic nitrogens is 12. The lowest BCUT2D eigenvalue weighted by Crippen LogP contribution is -2.24. The number of aryl methyl sites for hydroxylation is 6. The van der Waals surface area contributed by atoms with Gasteiger partial charge in [0.15, 0.2) is 16.9 Å². The predicted octanol–water partition coefficient (Wildman–Crippen LogP) is 15.0. The first kappa shape index (κ1) is 88.4. The number of rotatable bonds is 33. The van der Waals surface area contributed by atoms with Crippen molar-refractivity contribution in [3.63, 3.8) is 0 Å². The monoisotopic (exact) mass is 1610 g/mol. The summed E-state index contributed by atoms with van der Waals surface area (Å²) >= 11 is 0. The van der Waals surface area contributed by atoms with Crippen LogP contribution in [0.2, 0.25) is 0 Å².